The molecule has 1 fully saturated rings. The number of hydrogen-bond donors (Lipinski definition) is 2. The molecule has 0 saturated heterocycles. The van der Waals surface area contributed by atoms with Crippen LogP contribution in [0.15, 0.2) is 30.3 Å². The summed E-state index contributed by atoms with van der Waals surface area (Å²) in [6, 6.07) is 6.54. The van der Waals surface area contributed by atoms with Crippen LogP contribution in [0.2, 0.25) is 0 Å². The lowest BCUT2D eigenvalue weighted by Crippen LogP contribution is -2.39. The highest BCUT2D eigenvalue weighted by Gasteiger charge is 2.24. The fourth-order valence-electron chi connectivity index (χ4n) is 4.70. The predicted octanol–water partition coefficient (Wildman–Crippen LogP) is 3.88. The molecule has 9 nitrogen and oxygen atoms in total. The summed E-state index contributed by atoms with van der Waals surface area (Å²) in [5.74, 6) is 1.58. The molecule has 1 aromatic carbocycles. The fourth-order valence-corrected chi connectivity index (χ4v) is 4.70. The van der Waals surface area contributed by atoms with Crippen molar-refractivity contribution in [1.82, 2.24) is 15.3 Å². The lowest BCUT2D eigenvalue weighted by atomic mass is 9.91. The molecule has 0 atom stereocenters. The number of rotatable bonds is 7. The van der Waals surface area contributed by atoms with Crippen LogP contribution in [0.3, 0.4) is 0 Å². The summed E-state index contributed by atoms with van der Waals surface area (Å²) in [5.41, 5.74) is 3.24. The van der Waals surface area contributed by atoms with Gasteiger partial charge in [-0.3, -0.25) is 14.9 Å². The van der Waals surface area contributed by atoms with Crippen molar-refractivity contribution in [2.24, 2.45) is 0 Å². The summed E-state index contributed by atoms with van der Waals surface area (Å²) in [7, 11) is 4.07. The van der Waals surface area contributed by atoms with Gasteiger partial charge in [0.25, 0.3) is 5.69 Å². The van der Waals surface area contributed by atoms with Crippen molar-refractivity contribution >= 4 is 29.4 Å². The number of fused-ring (bicyclic) bond motifs is 1. The highest BCUT2D eigenvalue weighted by molar-refractivity contribution is 5.91. The second kappa shape index (κ2) is 10.6. The molecule has 34 heavy (non-hydrogen) atoms. The largest absolute Gasteiger partial charge is 0.362 e. The number of aromatic nitrogens is 2. The molecule has 2 N–H and O–H groups in total. The number of amides is 1. The molecule has 2 aromatic rings. The quantitative estimate of drug-likeness (QED) is 0.363. The number of nitrogens with zero attached hydrogens (tertiary/aromatic N) is 4. The number of nitro benzene ring substituents is 1. The van der Waals surface area contributed by atoms with Gasteiger partial charge in [0, 0.05) is 50.0 Å². The minimum absolute atomic E-state index is 0.0331. The van der Waals surface area contributed by atoms with Gasteiger partial charge in [-0.15, -0.1) is 0 Å². The van der Waals surface area contributed by atoms with Crippen LogP contribution >= 0.6 is 0 Å². The van der Waals surface area contributed by atoms with E-state index in [4.69, 9.17) is 9.97 Å². The molecule has 1 heterocycles. The van der Waals surface area contributed by atoms with Crippen molar-refractivity contribution < 1.29 is 9.72 Å². The summed E-state index contributed by atoms with van der Waals surface area (Å²) in [5, 5.41) is 17.3. The predicted molar refractivity (Wildman–Crippen MR) is 133 cm³/mol. The Kier molecular flexibility index (Phi) is 7.40. The second-order valence-corrected chi connectivity index (χ2v) is 9.28. The Hall–Kier alpha value is -3.49. The normalized spacial score (nSPS) is 19.9. The molecule has 2 aliphatic carbocycles. The van der Waals surface area contributed by atoms with E-state index in [1.54, 1.807) is 18.2 Å². The van der Waals surface area contributed by atoms with E-state index in [1.807, 2.05) is 14.1 Å². The van der Waals surface area contributed by atoms with Gasteiger partial charge >= 0.3 is 0 Å². The van der Waals surface area contributed by atoms with E-state index in [9.17, 15) is 14.9 Å². The Bertz CT molecular complexity index is 1060. The van der Waals surface area contributed by atoms with Gasteiger partial charge in [0.15, 0.2) is 0 Å². The molecule has 0 bridgehead atoms. The van der Waals surface area contributed by atoms with Crippen molar-refractivity contribution in [3.05, 3.63) is 57.3 Å². The summed E-state index contributed by atoms with van der Waals surface area (Å²) < 4.78 is 0. The van der Waals surface area contributed by atoms with Crippen LogP contribution in [0.25, 0.3) is 6.08 Å². The van der Waals surface area contributed by atoms with Gasteiger partial charge in [-0.1, -0.05) is 0 Å². The number of hydrogen-bond acceptors (Lipinski definition) is 7. The summed E-state index contributed by atoms with van der Waals surface area (Å²) in [4.78, 5) is 34.3. The number of carbonyl (C=O) groups is 1. The molecule has 1 amide bonds. The van der Waals surface area contributed by atoms with Gasteiger partial charge in [-0.25, -0.2) is 4.98 Å². The first-order chi connectivity index (χ1) is 16.4. The third kappa shape index (κ3) is 5.89. The van der Waals surface area contributed by atoms with E-state index in [-0.39, 0.29) is 17.6 Å². The SMILES string of the molecule is CN(C)c1nc(N[C@H]2CC[C@@H](NC(=O)/C=C/c3ccc([N+](=O)[O-])cc3)CC2)nc2c1CCCC2. The summed E-state index contributed by atoms with van der Waals surface area (Å²) in [6.45, 7) is 0. The average molecular weight is 465 g/mol. The Labute approximate surface area is 199 Å². The first-order valence-electron chi connectivity index (χ1n) is 12.0. The maximum absolute atomic E-state index is 12.3. The van der Waals surface area contributed by atoms with E-state index in [1.165, 1.54) is 42.3 Å². The van der Waals surface area contributed by atoms with Gasteiger partial charge in [-0.2, -0.15) is 4.98 Å². The standard InChI is InChI=1S/C25H32N6O3/c1-30(2)24-21-5-3-4-6-22(21)28-25(29-24)27-19-12-10-18(11-13-19)26-23(32)16-9-17-7-14-20(15-8-17)31(33)34/h7-9,14-16,18-19H,3-6,10-13H2,1-2H3,(H,26,32)(H,27,28,29)/b16-9+/t18-,19+. The Morgan fingerprint density at radius 1 is 1.06 bits per heavy atom. The minimum Gasteiger partial charge on any atom is -0.362 e. The van der Waals surface area contributed by atoms with Crippen LogP contribution in [-0.4, -0.2) is 47.0 Å². The van der Waals surface area contributed by atoms with Crippen molar-refractivity contribution in [2.45, 2.75) is 63.5 Å². The van der Waals surface area contributed by atoms with E-state index in [0.29, 0.717) is 12.0 Å². The zero-order chi connectivity index (χ0) is 24.1. The van der Waals surface area contributed by atoms with Crippen molar-refractivity contribution in [1.29, 1.82) is 0 Å². The van der Waals surface area contributed by atoms with Crippen molar-refractivity contribution in [3.63, 3.8) is 0 Å². The fraction of sp³-hybridized carbons (Fsp3) is 0.480. The zero-order valence-electron chi connectivity index (χ0n) is 19.8. The molecular formula is C25H32N6O3. The van der Waals surface area contributed by atoms with E-state index < -0.39 is 4.92 Å². The molecule has 0 aliphatic heterocycles. The van der Waals surface area contributed by atoms with Gasteiger partial charge in [0.2, 0.25) is 11.9 Å². The van der Waals surface area contributed by atoms with Gasteiger partial charge in [0.05, 0.1) is 10.6 Å². The molecule has 4 rings (SSSR count). The van der Waals surface area contributed by atoms with E-state index in [2.05, 4.69) is 15.5 Å². The molecule has 1 saturated carbocycles. The monoisotopic (exact) mass is 464 g/mol. The topological polar surface area (TPSA) is 113 Å². The highest BCUT2D eigenvalue weighted by Crippen LogP contribution is 2.29. The van der Waals surface area contributed by atoms with Crippen molar-refractivity contribution in [3.8, 4) is 0 Å². The maximum atomic E-state index is 12.3. The van der Waals surface area contributed by atoms with Gasteiger partial charge in [-0.05, 0) is 75.1 Å². The highest BCUT2D eigenvalue weighted by atomic mass is 16.6. The summed E-state index contributed by atoms with van der Waals surface area (Å²) in [6.07, 6.45) is 11.2. The number of benzene rings is 1. The number of non-ortho nitro benzene ring substituents is 1. The van der Waals surface area contributed by atoms with E-state index in [0.717, 1.165) is 49.9 Å². The Balaban J connectivity index is 1.28. The first kappa shape index (κ1) is 23.7. The number of anilines is 2. The maximum Gasteiger partial charge on any atom is 0.269 e. The van der Waals surface area contributed by atoms with Crippen LogP contribution in [-0.2, 0) is 17.6 Å². The van der Waals surface area contributed by atoms with Gasteiger partial charge in [0.1, 0.15) is 5.82 Å². The van der Waals surface area contributed by atoms with E-state index >= 15 is 0 Å². The number of nitro groups is 1. The smallest absolute Gasteiger partial charge is 0.269 e. The van der Waals surface area contributed by atoms with Crippen LogP contribution in [0, 0.1) is 10.1 Å². The molecule has 1 aromatic heterocycles. The number of carbonyl (C=O) groups excluding carboxylic acids is 1. The van der Waals surface area contributed by atoms with Crippen LogP contribution < -0.4 is 15.5 Å². The van der Waals surface area contributed by atoms with Crippen LogP contribution in [0.5, 0.6) is 0 Å². The lowest BCUT2D eigenvalue weighted by molar-refractivity contribution is -0.384. The minimum atomic E-state index is -0.440. The van der Waals surface area contributed by atoms with Crippen molar-refractivity contribution in [2.75, 3.05) is 24.3 Å². The Morgan fingerprint density at radius 2 is 1.74 bits per heavy atom. The summed E-state index contributed by atoms with van der Waals surface area (Å²) >= 11 is 0. The lowest BCUT2D eigenvalue weighted by Gasteiger charge is -2.30. The number of nitrogens with one attached hydrogen (secondary N) is 2. The molecule has 0 radical (unpaired) electrons. The average Bonchev–Trinajstić information content (AvgIpc) is 2.83. The van der Waals surface area contributed by atoms with Crippen LogP contribution in [0.1, 0.15) is 55.3 Å². The molecular weight excluding hydrogens is 432 g/mol. The third-order valence-electron chi connectivity index (χ3n) is 6.52. The van der Waals surface area contributed by atoms with Gasteiger partial charge < -0.3 is 15.5 Å². The molecule has 0 spiro atoms. The molecule has 2 aliphatic rings. The first-order valence-corrected chi connectivity index (χ1v) is 12.0. The Morgan fingerprint density at radius 3 is 2.41 bits per heavy atom. The molecule has 9 heteroatoms. The molecule has 180 valence electrons. The zero-order valence-corrected chi connectivity index (χ0v) is 19.8. The number of aryl methyl sites for hydroxylation is 1. The third-order valence-corrected chi connectivity index (χ3v) is 6.52. The second-order valence-electron chi connectivity index (χ2n) is 9.28. The van der Waals surface area contributed by atoms with Crippen LogP contribution in [0.4, 0.5) is 17.5 Å². The molecule has 0 unspecified atom stereocenters.